The Morgan fingerprint density at radius 1 is 1.30 bits per heavy atom. The van der Waals surface area contributed by atoms with Crippen LogP contribution in [0.3, 0.4) is 0 Å². The number of carbonyl (C=O) groups excluding carboxylic acids is 1. The minimum atomic E-state index is -0.840. The van der Waals surface area contributed by atoms with Crippen LogP contribution in [0.5, 0.6) is 11.5 Å². The number of ether oxygens (including phenoxy) is 2. The summed E-state index contributed by atoms with van der Waals surface area (Å²) in [5.74, 6) is 0.283. The zero-order valence-electron chi connectivity index (χ0n) is 11.7. The standard InChI is InChI=1S/C14H11N3O6/c18-14(12-8-21-10-3-1-2-4-11(10)23-12)16-15-7-9-5-6-13(22-9)17(19)20/h1-7,12H,8H2,(H,16,18)/b15-7+. The van der Waals surface area contributed by atoms with E-state index in [0.717, 1.165) is 6.21 Å². The second-order valence-corrected chi connectivity index (χ2v) is 4.53. The molecule has 0 saturated heterocycles. The lowest BCUT2D eigenvalue weighted by Gasteiger charge is -2.24. The highest BCUT2D eigenvalue weighted by Crippen LogP contribution is 2.30. The van der Waals surface area contributed by atoms with Gasteiger partial charge in [0.1, 0.15) is 11.5 Å². The van der Waals surface area contributed by atoms with E-state index in [9.17, 15) is 14.9 Å². The van der Waals surface area contributed by atoms with Crippen LogP contribution in [0.15, 0.2) is 45.9 Å². The molecule has 1 amide bonds. The largest absolute Gasteiger partial charge is 0.485 e. The molecule has 0 spiro atoms. The summed E-state index contributed by atoms with van der Waals surface area (Å²) in [6.45, 7) is 0.0601. The van der Waals surface area contributed by atoms with E-state index >= 15 is 0 Å². The summed E-state index contributed by atoms with van der Waals surface area (Å²) in [5, 5.41) is 14.1. The molecule has 0 fully saturated rings. The van der Waals surface area contributed by atoms with Crippen molar-refractivity contribution >= 4 is 18.0 Å². The molecule has 0 aliphatic carbocycles. The first-order valence-corrected chi connectivity index (χ1v) is 6.59. The summed E-state index contributed by atoms with van der Waals surface area (Å²) in [6.07, 6.45) is 0.315. The quantitative estimate of drug-likeness (QED) is 0.518. The molecule has 9 heteroatoms. The molecule has 1 unspecified atom stereocenters. The van der Waals surface area contributed by atoms with Crippen molar-refractivity contribution in [3.05, 3.63) is 52.3 Å². The van der Waals surface area contributed by atoms with E-state index < -0.39 is 22.8 Å². The van der Waals surface area contributed by atoms with E-state index in [4.69, 9.17) is 13.9 Å². The summed E-state index contributed by atoms with van der Waals surface area (Å²) in [5.41, 5.74) is 2.27. The Morgan fingerprint density at radius 3 is 2.83 bits per heavy atom. The number of furan rings is 1. The maximum absolute atomic E-state index is 11.9. The molecule has 2 heterocycles. The van der Waals surface area contributed by atoms with Crippen LogP contribution in [0.4, 0.5) is 5.88 Å². The number of fused-ring (bicyclic) bond motifs is 1. The summed E-state index contributed by atoms with van der Waals surface area (Å²) in [4.78, 5) is 21.7. The number of hydrogen-bond acceptors (Lipinski definition) is 7. The van der Waals surface area contributed by atoms with E-state index in [2.05, 4.69) is 10.5 Å². The van der Waals surface area contributed by atoms with Crippen molar-refractivity contribution in [3.63, 3.8) is 0 Å². The Balaban J connectivity index is 1.57. The van der Waals surface area contributed by atoms with E-state index in [0.29, 0.717) is 11.5 Å². The van der Waals surface area contributed by atoms with E-state index in [1.807, 2.05) is 0 Å². The molecule has 1 aromatic carbocycles. The lowest BCUT2D eigenvalue weighted by molar-refractivity contribution is -0.402. The van der Waals surface area contributed by atoms with Crippen LogP contribution in [-0.2, 0) is 4.79 Å². The van der Waals surface area contributed by atoms with Crippen molar-refractivity contribution in [1.29, 1.82) is 0 Å². The number of para-hydroxylation sites is 2. The van der Waals surface area contributed by atoms with E-state index in [1.54, 1.807) is 24.3 Å². The van der Waals surface area contributed by atoms with Crippen LogP contribution >= 0.6 is 0 Å². The fraction of sp³-hybridized carbons (Fsp3) is 0.143. The zero-order valence-corrected chi connectivity index (χ0v) is 11.7. The molecule has 118 valence electrons. The van der Waals surface area contributed by atoms with Gasteiger partial charge in [-0.2, -0.15) is 5.10 Å². The molecule has 2 aromatic rings. The number of nitrogens with zero attached hydrogens (tertiary/aromatic N) is 2. The first kappa shape index (κ1) is 14.6. The summed E-state index contributed by atoms with van der Waals surface area (Å²) in [7, 11) is 0. The van der Waals surface area contributed by atoms with Gasteiger partial charge in [-0.3, -0.25) is 14.9 Å². The molecule has 23 heavy (non-hydrogen) atoms. The van der Waals surface area contributed by atoms with E-state index in [1.165, 1.54) is 12.1 Å². The summed E-state index contributed by atoms with van der Waals surface area (Å²) < 4.78 is 15.8. The molecule has 1 aromatic heterocycles. The Labute approximate surface area is 129 Å². The number of amides is 1. The predicted molar refractivity (Wildman–Crippen MR) is 77.5 cm³/mol. The van der Waals surface area contributed by atoms with Gasteiger partial charge in [0.2, 0.25) is 6.10 Å². The average molecular weight is 317 g/mol. The van der Waals surface area contributed by atoms with Crippen LogP contribution in [-0.4, -0.2) is 29.8 Å². The van der Waals surface area contributed by atoms with Gasteiger partial charge in [-0.05, 0) is 18.2 Å². The van der Waals surface area contributed by atoms with Crippen molar-refractivity contribution < 1.29 is 23.6 Å². The molecule has 1 aliphatic rings. The third-order valence-electron chi connectivity index (χ3n) is 2.96. The van der Waals surface area contributed by atoms with E-state index in [-0.39, 0.29) is 12.4 Å². The Hall–Kier alpha value is -3.36. The third kappa shape index (κ3) is 3.28. The van der Waals surface area contributed by atoms with Gasteiger partial charge in [-0.1, -0.05) is 12.1 Å². The topological polar surface area (TPSA) is 116 Å². The number of rotatable bonds is 4. The van der Waals surface area contributed by atoms with Crippen LogP contribution in [0.1, 0.15) is 5.76 Å². The molecule has 1 atom stereocenters. The Bertz CT molecular complexity index is 769. The van der Waals surface area contributed by atoms with Gasteiger partial charge >= 0.3 is 5.88 Å². The lowest BCUT2D eigenvalue weighted by Crippen LogP contribution is -2.42. The highest BCUT2D eigenvalue weighted by Gasteiger charge is 2.27. The summed E-state index contributed by atoms with van der Waals surface area (Å²) in [6, 6.07) is 9.56. The zero-order chi connectivity index (χ0) is 16.2. The molecule has 0 radical (unpaired) electrons. The van der Waals surface area contributed by atoms with Crippen LogP contribution in [0, 0.1) is 10.1 Å². The molecular formula is C14H11N3O6. The van der Waals surface area contributed by atoms with Crippen molar-refractivity contribution in [2.45, 2.75) is 6.10 Å². The minimum Gasteiger partial charge on any atom is -0.485 e. The smallest absolute Gasteiger partial charge is 0.433 e. The predicted octanol–water partition coefficient (Wildman–Crippen LogP) is 1.48. The van der Waals surface area contributed by atoms with Gasteiger partial charge < -0.3 is 13.9 Å². The maximum Gasteiger partial charge on any atom is 0.433 e. The SMILES string of the molecule is O=C(N/N=C/c1ccc([N+](=O)[O-])o1)C1COc2ccccc2O1. The molecular weight excluding hydrogens is 306 g/mol. The van der Waals surface area contributed by atoms with Crippen LogP contribution in [0.2, 0.25) is 0 Å². The number of benzene rings is 1. The number of carbonyl (C=O) groups is 1. The second-order valence-electron chi connectivity index (χ2n) is 4.53. The van der Waals surface area contributed by atoms with Crippen LogP contribution in [0.25, 0.3) is 0 Å². The Kier molecular flexibility index (Phi) is 3.91. The number of nitrogens with one attached hydrogen (secondary N) is 1. The van der Waals surface area contributed by atoms with Gasteiger partial charge in [0, 0.05) is 0 Å². The highest BCUT2D eigenvalue weighted by atomic mass is 16.6. The number of hydrazone groups is 1. The number of nitro groups is 1. The van der Waals surface area contributed by atoms with Gasteiger partial charge in [0.15, 0.2) is 17.3 Å². The van der Waals surface area contributed by atoms with Crippen molar-refractivity contribution in [1.82, 2.24) is 5.43 Å². The normalized spacial score (nSPS) is 16.3. The van der Waals surface area contributed by atoms with Gasteiger partial charge in [-0.25, -0.2) is 5.43 Å². The fourth-order valence-electron chi connectivity index (χ4n) is 1.89. The maximum atomic E-state index is 11.9. The first-order chi connectivity index (χ1) is 11.1. The molecule has 0 bridgehead atoms. The fourth-order valence-corrected chi connectivity index (χ4v) is 1.89. The highest BCUT2D eigenvalue weighted by molar-refractivity contribution is 5.84. The number of hydrogen-bond donors (Lipinski definition) is 1. The minimum absolute atomic E-state index is 0.0601. The molecule has 1 aliphatic heterocycles. The van der Waals surface area contributed by atoms with Crippen LogP contribution < -0.4 is 14.9 Å². The van der Waals surface area contributed by atoms with Gasteiger partial charge in [0.25, 0.3) is 5.91 Å². The Morgan fingerprint density at radius 2 is 2.09 bits per heavy atom. The van der Waals surface area contributed by atoms with Crippen molar-refractivity contribution in [3.8, 4) is 11.5 Å². The third-order valence-corrected chi connectivity index (χ3v) is 2.96. The monoisotopic (exact) mass is 317 g/mol. The molecule has 9 nitrogen and oxygen atoms in total. The average Bonchev–Trinajstić information content (AvgIpc) is 3.03. The molecule has 3 rings (SSSR count). The first-order valence-electron chi connectivity index (χ1n) is 6.59. The van der Waals surface area contributed by atoms with Crippen molar-refractivity contribution in [2.75, 3.05) is 6.61 Å². The summed E-state index contributed by atoms with van der Waals surface area (Å²) >= 11 is 0. The lowest BCUT2D eigenvalue weighted by atomic mass is 10.2. The van der Waals surface area contributed by atoms with Gasteiger partial charge in [-0.15, -0.1) is 0 Å². The van der Waals surface area contributed by atoms with Gasteiger partial charge in [0.05, 0.1) is 12.3 Å². The molecule has 1 N–H and O–H groups in total. The van der Waals surface area contributed by atoms with Crippen molar-refractivity contribution in [2.24, 2.45) is 5.10 Å². The molecule has 0 saturated carbocycles. The second kappa shape index (κ2) is 6.18.